The third-order valence-electron chi connectivity index (χ3n) is 4.98. The Morgan fingerprint density at radius 3 is 1.83 bits per heavy atom. The molecule has 0 aliphatic heterocycles. The lowest BCUT2D eigenvalue weighted by Gasteiger charge is -2.10. The SMILES string of the molecule is C[Si](C)(C)C#Cc1ccc(OCCCCCCCCCCCC(CS)CS)cc1. The van der Waals surface area contributed by atoms with E-state index in [1.165, 1.54) is 57.8 Å². The smallest absolute Gasteiger partial charge is 0.129 e. The molecule has 0 aliphatic carbocycles. The largest absolute Gasteiger partial charge is 0.494 e. The van der Waals surface area contributed by atoms with Crippen LogP contribution in [0.5, 0.6) is 5.75 Å². The number of thiol groups is 2. The number of ether oxygens (including phenoxy) is 1. The Bertz CT molecular complexity index is 580. The molecule has 0 saturated carbocycles. The molecule has 0 unspecified atom stereocenters. The van der Waals surface area contributed by atoms with E-state index >= 15 is 0 Å². The molecule has 0 aliphatic rings. The summed E-state index contributed by atoms with van der Waals surface area (Å²) in [4.78, 5) is 0. The summed E-state index contributed by atoms with van der Waals surface area (Å²) >= 11 is 8.76. The minimum atomic E-state index is -1.31. The van der Waals surface area contributed by atoms with E-state index in [-0.39, 0.29) is 0 Å². The highest BCUT2D eigenvalue weighted by Gasteiger charge is 2.07. The molecule has 1 nitrogen and oxygen atoms in total. The summed E-state index contributed by atoms with van der Waals surface area (Å²) < 4.78 is 5.87. The molecule has 4 heteroatoms. The molecule has 164 valence electrons. The molecule has 1 aromatic rings. The van der Waals surface area contributed by atoms with Crippen molar-refractivity contribution in [1.29, 1.82) is 0 Å². The summed E-state index contributed by atoms with van der Waals surface area (Å²) in [5.41, 5.74) is 4.49. The van der Waals surface area contributed by atoms with Crippen LogP contribution in [0.3, 0.4) is 0 Å². The van der Waals surface area contributed by atoms with Crippen molar-refractivity contribution in [2.24, 2.45) is 5.92 Å². The Hall–Kier alpha value is -0.503. The van der Waals surface area contributed by atoms with Crippen molar-refractivity contribution in [3.63, 3.8) is 0 Å². The van der Waals surface area contributed by atoms with Gasteiger partial charge in [-0.2, -0.15) is 25.3 Å². The summed E-state index contributed by atoms with van der Waals surface area (Å²) in [6, 6.07) is 8.23. The Morgan fingerprint density at radius 2 is 1.31 bits per heavy atom. The minimum absolute atomic E-state index is 0.700. The Morgan fingerprint density at radius 1 is 0.793 bits per heavy atom. The van der Waals surface area contributed by atoms with Gasteiger partial charge in [-0.25, -0.2) is 0 Å². The molecule has 1 aromatic carbocycles. The number of rotatable bonds is 15. The van der Waals surface area contributed by atoms with E-state index in [0.717, 1.165) is 35.8 Å². The van der Waals surface area contributed by atoms with Crippen LogP contribution in [0.15, 0.2) is 24.3 Å². The van der Waals surface area contributed by atoms with Gasteiger partial charge in [0.25, 0.3) is 0 Å². The van der Waals surface area contributed by atoms with E-state index in [4.69, 9.17) is 4.74 Å². The van der Waals surface area contributed by atoms with Crippen molar-refractivity contribution < 1.29 is 4.74 Å². The molecule has 0 heterocycles. The van der Waals surface area contributed by atoms with Gasteiger partial charge in [0.15, 0.2) is 0 Å². The summed E-state index contributed by atoms with van der Waals surface area (Å²) in [7, 11) is -1.31. The maximum Gasteiger partial charge on any atom is 0.129 e. The van der Waals surface area contributed by atoms with Crippen molar-refractivity contribution >= 4 is 33.3 Å². The molecule has 0 bridgehead atoms. The fraction of sp³-hybridized carbons (Fsp3) is 0.680. The van der Waals surface area contributed by atoms with Crippen LogP contribution in [-0.4, -0.2) is 26.2 Å². The molecule has 0 amide bonds. The number of unbranched alkanes of at least 4 members (excludes halogenated alkanes) is 8. The van der Waals surface area contributed by atoms with E-state index in [2.05, 4.69) is 68.5 Å². The van der Waals surface area contributed by atoms with Crippen LogP contribution in [0.2, 0.25) is 19.6 Å². The van der Waals surface area contributed by atoms with Crippen molar-refractivity contribution in [2.75, 3.05) is 18.1 Å². The van der Waals surface area contributed by atoms with Gasteiger partial charge in [-0.05, 0) is 54.5 Å². The molecule has 0 atom stereocenters. The standard InChI is InChI=1S/C25H42OS2Si/c1-29(2,3)20-18-23-14-16-25(17-15-23)26-19-12-10-8-6-4-5-7-9-11-13-24(21-27)22-28/h14-17,24,27-28H,4-13,19,21-22H2,1-3H3. The molecule has 0 radical (unpaired) electrons. The first kappa shape index (κ1) is 26.5. The van der Waals surface area contributed by atoms with Gasteiger partial charge >= 0.3 is 0 Å². The fourth-order valence-electron chi connectivity index (χ4n) is 3.10. The zero-order valence-electron chi connectivity index (χ0n) is 18.9. The van der Waals surface area contributed by atoms with E-state index in [9.17, 15) is 0 Å². The monoisotopic (exact) mass is 450 g/mol. The normalized spacial score (nSPS) is 11.4. The molecule has 1 rings (SSSR count). The van der Waals surface area contributed by atoms with E-state index in [0.29, 0.717) is 5.92 Å². The highest BCUT2D eigenvalue weighted by atomic mass is 32.1. The lowest BCUT2D eigenvalue weighted by molar-refractivity contribution is 0.304. The summed E-state index contributed by atoms with van der Waals surface area (Å²) in [5.74, 6) is 6.90. The van der Waals surface area contributed by atoms with Gasteiger partial charge in [-0.3, -0.25) is 0 Å². The van der Waals surface area contributed by atoms with E-state index in [1.54, 1.807) is 0 Å². The molecule has 0 aromatic heterocycles. The second-order valence-electron chi connectivity index (χ2n) is 9.07. The molecular formula is C25H42OS2Si. The topological polar surface area (TPSA) is 9.23 Å². The maximum atomic E-state index is 5.87. The van der Waals surface area contributed by atoms with Crippen molar-refractivity contribution in [3.05, 3.63) is 29.8 Å². The van der Waals surface area contributed by atoms with Crippen LogP contribution in [0.1, 0.15) is 69.8 Å². The first-order chi connectivity index (χ1) is 13.9. The quantitative estimate of drug-likeness (QED) is 0.121. The second kappa shape index (κ2) is 16.2. The van der Waals surface area contributed by atoms with Gasteiger partial charge in [0, 0.05) is 5.56 Å². The van der Waals surface area contributed by atoms with Crippen molar-refractivity contribution in [1.82, 2.24) is 0 Å². The average molecular weight is 451 g/mol. The summed E-state index contributed by atoms with van der Waals surface area (Å²) in [5, 5.41) is 0. The zero-order chi connectivity index (χ0) is 21.4. The fourth-order valence-corrected chi connectivity index (χ4v) is 4.44. The third-order valence-corrected chi connectivity index (χ3v) is 6.89. The van der Waals surface area contributed by atoms with Crippen molar-refractivity contribution in [3.8, 4) is 17.2 Å². The van der Waals surface area contributed by atoms with Crippen LogP contribution in [0.25, 0.3) is 0 Å². The van der Waals surface area contributed by atoms with Gasteiger partial charge in [0.2, 0.25) is 0 Å². The van der Waals surface area contributed by atoms with Gasteiger partial charge in [0.1, 0.15) is 13.8 Å². The summed E-state index contributed by atoms with van der Waals surface area (Å²) in [6.45, 7) is 7.62. The maximum absolute atomic E-state index is 5.87. The van der Waals surface area contributed by atoms with E-state index in [1.807, 2.05) is 12.1 Å². The predicted octanol–water partition coefficient (Wildman–Crippen LogP) is 7.67. The lowest BCUT2D eigenvalue weighted by atomic mass is 10.0. The minimum Gasteiger partial charge on any atom is -0.494 e. The van der Waals surface area contributed by atoms with E-state index < -0.39 is 8.07 Å². The van der Waals surface area contributed by atoms with Crippen LogP contribution >= 0.6 is 25.3 Å². The molecular weight excluding hydrogens is 408 g/mol. The number of benzene rings is 1. The second-order valence-corrected chi connectivity index (χ2v) is 14.6. The Kier molecular flexibility index (Phi) is 14.8. The van der Waals surface area contributed by atoms with Gasteiger partial charge < -0.3 is 4.74 Å². The molecule has 0 saturated heterocycles. The first-order valence-electron chi connectivity index (χ1n) is 11.4. The molecule has 0 spiro atoms. The Balaban J connectivity index is 1.97. The summed E-state index contributed by atoms with van der Waals surface area (Å²) in [6.07, 6.45) is 13.3. The van der Waals surface area contributed by atoms with Crippen LogP contribution in [0, 0.1) is 17.4 Å². The van der Waals surface area contributed by atoms with Gasteiger partial charge in [-0.15, -0.1) is 5.54 Å². The lowest BCUT2D eigenvalue weighted by Crippen LogP contribution is -2.16. The zero-order valence-corrected chi connectivity index (χ0v) is 21.7. The average Bonchev–Trinajstić information content (AvgIpc) is 2.70. The third kappa shape index (κ3) is 15.0. The van der Waals surface area contributed by atoms with Crippen LogP contribution in [0.4, 0.5) is 0 Å². The number of hydrogen-bond donors (Lipinski definition) is 2. The number of hydrogen-bond acceptors (Lipinski definition) is 3. The highest BCUT2D eigenvalue weighted by molar-refractivity contribution is 7.81. The van der Waals surface area contributed by atoms with Gasteiger partial charge in [-0.1, -0.05) is 76.9 Å². The highest BCUT2D eigenvalue weighted by Crippen LogP contribution is 2.16. The van der Waals surface area contributed by atoms with Crippen LogP contribution in [-0.2, 0) is 0 Å². The van der Waals surface area contributed by atoms with Crippen molar-refractivity contribution in [2.45, 2.75) is 83.8 Å². The molecule has 29 heavy (non-hydrogen) atoms. The Labute approximate surface area is 192 Å². The van der Waals surface area contributed by atoms with Crippen LogP contribution < -0.4 is 4.74 Å². The molecule has 0 fully saturated rings. The predicted molar refractivity (Wildman–Crippen MR) is 140 cm³/mol. The van der Waals surface area contributed by atoms with Gasteiger partial charge in [0.05, 0.1) is 6.61 Å². The first-order valence-corrected chi connectivity index (χ1v) is 16.2. The molecule has 0 N–H and O–H groups in total.